The van der Waals surface area contributed by atoms with Crippen molar-refractivity contribution >= 4 is 0 Å². The Kier molecular flexibility index (Phi) is 6.71. The van der Waals surface area contributed by atoms with Crippen LogP contribution in [-0.2, 0) is 0 Å². The van der Waals surface area contributed by atoms with Crippen LogP contribution in [0, 0.1) is 5.41 Å². The minimum Gasteiger partial charge on any atom is -0.494 e. The van der Waals surface area contributed by atoms with Gasteiger partial charge in [0.05, 0.1) is 13.2 Å². The zero-order valence-corrected chi connectivity index (χ0v) is 12.7. The lowest BCUT2D eigenvalue weighted by Crippen LogP contribution is -2.34. The van der Waals surface area contributed by atoms with Gasteiger partial charge in [0.1, 0.15) is 11.5 Å². The maximum absolute atomic E-state index is 5.87. The van der Waals surface area contributed by atoms with Crippen molar-refractivity contribution in [2.45, 2.75) is 34.1 Å². The molecule has 0 aliphatic rings. The van der Waals surface area contributed by atoms with Crippen LogP contribution >= 0.6 is 0 Å². The van der Waals surface area contributed by atoms with E-state index in [1.54, 1.807) is 0 Å². The van der Waals surface area contributed by atoms with Crippen LogP contribution in [0.3, 0.4) is 0 Å². The summed E-state index contributed by atoms with van der Waals surface area (Å²) in [5.74, 6) is 1.73. The van der Waals surface area contributed by atoms with Gasteiger partial charge in [0, 0.05) is 18.0 Å². The Hall–Kier alpha value is -1.22. The van der Waals surface area contributed by atoms with Crippen LogP contribution in [-0.4, -0.2) is 26.3 Å². The Morgan fingerprint density at radius 2 is 1.79 bits per heavy atom. The van der Waals surface area contributed by atoms with E-state index in [1.807, 2.05) is 31.2 Å². The van der Waals surface area contributed by atoms with Gasteiger partial charge in [-0.05, 0) is 32.0 Å². The lowest BCUT2D eigenvalue weighted by Gasteiger charge is -2.25. The smallest absolute Gasteiger partial charge is 0.123 e. The van der Waals surface area contributed by atoms with Crippen molar-refractivity contribution in [1.82, 2.24) is 5.32 Å². The van der Waals surface area contributed by atoms with E-state index in [4.69, 9.17) is 9.47 Å². The number of hydrogen-bond donors (Lipinski definition) is 1. The van der Waals surface area contributed by atoms with E-state index in [-0.39, 0.29) is 5.41 Å². The number of rotatable bonds is 9. The highest BCUT2D eigenvalue weighted by Crippen LogP contribution is 2.22. The predicted molar refractivity (Wildman–Crippen MR) is 80.0 cm³/mol. The molecule has 1 aromatic rings. The summed E-state index contributed by atoms with van der Waals surface area (Å²) in [7, 11) is 0. The summed E-state index contributed by atoms with van der Waals surface area (Å²) in [4.78, 5) is 0. The van der Waals surface area contributed by atoms with Crippen molar-refractivity contribution < 1.29 is 9.47 Å². The van der Waals surface area contributed by atoms with Crippen LogP contribution in [0.2, 0.25) is 0 Å². The first-order valence-corrected chi connectivity index (χ1v) is 7.14. The molecule has 1 rings (SSSR count). The third kappa shape index (κ3) is 6.48. The van der Waals surface area contributed by atoms with Crippen LogP contribution < -0.4 is 14.8 Å². The third-order valence-corrected chi connectivity index (χ3v) is 2.78. The van der Waals surface area contributed by atoms with Crippen molar-refractivity contribution in [1.29, 1.82) is 0 Å². The zero-order valence-electron chi connectivity index (χ0n) is 12.7. The fourth-order valence-electron chi connectivity index (χ4n) is 1.75. The summed E-state index contributed by atoms with van der Waals surface area (Å²) < 4.78 is 11.3. The second-order valence-corrected chi connectivity index (χ2v) is 5.54. The summed E-state index contributed by atoms with van der Waals surface area (Å²) in [5.41, 5.74) is 0.122. The quantitative estimate of drug-likeness (QED) is 0.693. The minimum atomic E-state index is 0.122. The molecule has 0 spiro atoms. The summed E-state index contributed by atoms with van der Waals surface area (Å²) in [6, 6.07) is 7.82. The van der Waals surface area contributed by atoms with Gasteiger partial charge in [-0.2, -0.15) is 0 Å². The topological polar surface area (TPSA) is 30.5 Å². The van der Waals surface area contributed by atoms with E-state index in [0.717, 1.165) is 31.0 Å². The lowest BCUT2D eigenvalue weighted by molar-refractivity contribution is 0.176. The molecule has 1 aromatic carbocycles. The first kappa shape index (κ1) is 15.8. The average molecular weight is 265 g/mol. The van der Waals surface area contributed by atoms with Crippen LogP contribution in [0.5, 0.6) is 11.5 Å². The van der Waals surface area contributed by atoms with Crippen LogP contribution in [0.25, 0.3) is 0 Å². The second-order valence-electron chi connectivity index (χ2n) is 5.54. The highest BCUT2D eigenvalue weighted by molar-refractivity contribution is 5.32. The zero-order chi connectivity index (χ0) is 14.1. The molecule has 0 amide bonds. The highest BCUT2D eigenvalue weighted by Gasteiger charge is 2.18. The third-order valence-electron chi connectivity index (χ3n) is 2.78. The molecule has 19 heavy (non-hydrogen) atoms. The van der Waals surface area contributed by atoms with Gasteiger partial charge in [0.15, 0.2) is 0 Å². The molecule has 0 aromatic heterocycles. The van der Waals surface area contributed by atoms with Crippen molar-refractivity contribution in [3.05, 3.63) is 24.3 Å². The molecule has 0 aliphatic heterocycles. The molecular weight excluding hydrogens is 238 g/mol. The summed E-state index contributed by atoms with van der Waals surface area (Å²) in [6.07, 6.45) is 1.16. The molecule has 0 bridgehead atoms. The SMILES string of the molecule is CCCNCC(C)(C)COc1cccc(OCC)c1. The number of ether oxygens (including phenoxy) is 2. The van der Waals surface area contributed by atoms with E-state index >= 15 is 0 Å². The first-order valence-electron chi connectivity index (χ1n) is 7.14. The standard InChI is InChI=1S/C16H27NO2/c1-5-10-17-12-16(3,4)13-19-15-9-7-8-14(11-15)18-6-2/h7-9,11,17H,5-6,10,12-13H2,1-4H3. The molecule has 0 fully saturated rings. The molecular formula is C16H27NO2. The second kappa shape index (κ2) is 8.05. The normalized spacial score (nSPS) is 11.4. The van der Waals surface area contributed by atoms with E-state index in [1.165, 1.54) is 0 Å². The van der Waals surface area contributed by atoms with Gasteiger partial charge in [-0.3, -0.25) is 0 Å². The van der Waals surface area contributed by atoms with Crippen molar-refractivity contribution in [3.63, 3.8) is 0 Å². The van der Waals surface area contributed by atoms with Gasteiger partial charge in [-0.15, -0.1) is 0 Å². The average Bonchev–Trinajstić information content (AvgIpc) is 2.38. The van der Waals surface area contributed by atoms with E-state index in [2.05, 4.69) is 26.1 Å². The molecule has 3 heteroatoms. The Balaban J connectivity index is 2.44. The molecule has 0 aliphatic carbocycles. The highest BCUT2D eigenvalue weighted by atomic mass is 16.5. The fourth-order valence-corrected chi connectivity index (χ4v) is 1.75. The van der Waals surface area contributed by atoms with Gasteiger partial charge in [-0.1, -0.05) is 26.8 Å². The van der Waals surface area contributed by atoms with Crippen LogP contribution in [0.4, 0.5) is 0 Å². The summed E-state index contributed by atoms with van der Waals surface area (Å²) in [5, 5.41) is 3.44. The summed E-state index contributed by atoms with van der Waals surface area (Å²) >= 11 is 0. The van der Waals surface area contributed by atoms with E-state index in [0.29, 0.717) is 13.2 Å². The number of benzene rings is 1. The molecule has 0 atom stereocenters. The Morgan fingerprint density at radius 3 is 2.42 bits per heavy atom. The predicted octanol–water partition coefficient (Wildman–Crippen LogP) is 3.49. The van der Waals surface area contributed by atoms with Gasteiger partial charge in [-0.25, -0.2) is 0 Å². The van der Waals surface area contributed by atoms with Crippen molar-refractivity contribution in [2.75, 3.05) is 26.3 Å². The van der Waals surface area contributed by atoms with Crippen LogP contribution in [0.15, 0.2) is 24.3 Å². The molecule has 108 valence electrons. The van der Waals surface area contributed by atoms with E-state index in [9.17, 15) is 0 Å². The Bertz CT molecular complexity index is 364. The van der Waals surface area contributed by atoms with Gasteiger partial charge >= 0.3 is 0 Å². The fraction of sp³-hybridized carbons (Fsp3) is 0.625. The number of hydrogen-bond acceptors (Lipinski definition) is 3. The van der Waals surface area contributed by atoms with Gasteiger partial charge < -0.3 is 14.8 Å². The molecule has 0 radical (unpaired) electrons. The molecule has 3 nitrogen and oxygen atoms in total. The lowest BCUT2D eigenvalue weighted by atomic mass is 9.95. The largest absolute Gasteiger partial charge is 0.494 e. The van der Waals surface area contributed by atoms with Crippen LogP contribution in [0.1, 0.15) is 34.1 Å². The van der Waals surface area contributed by atoms with Crippen molar-refractivity contribution in [2.24, 2.45) is 5.41 Å². The summed E-state index contributed by atoms with van der Waals surface area (Å²) in [6.45, 7) is 12.0. The minimum absolute atomic E-state index is 0.122. The van der Waals surface area contributed by atoms with Gasteiger partial charge in [0.25, 0.3) is 0 Å². The van der Waals surface area contributed by atoms with Crippen molar-refractivity contribution in [3.8, 4) is 11.5 Å². The Morgan fingerprint density at radius 1 is 1.11 bits per heavy atom. The molecule has 0 saturated heterocycles. The monoisotopic (exact) mass is 265 g/mol. The molecule has 0 saturated carbocycles. The maximum atomic E-state index is 5.87. The molecule has 0 heterocycles. The number of nitrogens with one attached hydrogen (secondary N) is 1. The maximum Gasteiger partial charge on any atom is 0.123 e. The van der Waals surface area contributed by atoms with E-state index < -0.39 is 0 Å². The molecule has 0 unspecified atom stereocenters. The Labute approximate surface area is 117 Å². The van der Waals surface area contributed by atoms with Gasteiger partial charge in [0.2, 0.25) is 0 Å². The molecule has 1 N–H and O–H groups in total. The first-order chi connectivity index (χ1) is 9.07.